The van der Waals surface area contributed by atoms with Crippen LogP contribution in [0.3, 0.4) is 0 Å². The van der Waals surface area contributed by atoms with E-state index >= 15 is 0 Å². The van der Waals surface area contributed by atoms with Crippen molar-refractivity contribution in [2.45, 2.75) is 77.0 Å². The van der Waals surface area contributed by atoms with E-state index < -0.39 is 16.4 Å². The second kappa shape index (κ2) is 11.0. The van der Waals surface area contributed by atoms with Crippen molar-refractivity contribution < 1.29 is 13.5 Å². The van der Waals surface area contributed by atoms with Crippen molar-refractivity contribution in [1.29, 1.82) is 0 Å². The molecule has 4 heterocycles. The highest BCUT2D eigenvalue weighted by Gasteiger charge is 2.31. The third-order valence-corrected chi connectivity index (χ3v) is 8.94. The average molecular weight is 565 g/mol. The Kier molecular flexibility index (Phi) is 7.60. The van der Waals surface area contributed by atoms with Gasteiger partial charge in [-0.05, 0) is 45.2 Å². The first-order chi connectivity index (χ1) is 19.2. The summed E-state index contributed by atoms with van der Waals surface area (Å²) >= 11 is 0. The molecule has 0 amide bonds. The highest BCUT2D eigenvalue weighted by molar-refractivity contribution is 7.91. The molecule has 0 aliphatic heterocycles. The van der Waals surface area contributed by atoms with Crippen LogP contribution in [0, 0.1) is 6.92 Å². The number of nitrogens with one attached hydrogen (secondary N) is 1. The molecule has 1 aliphatic rings. The maximum atomic E-state index is 13.7. The summed E-state index contributed by atoms with van der Waals surface area (Å²) < 4.78 is 25.8. The van der Waals surface area contributed by atoms with E-state index in [9.17, 15) is 18.3 Å². The largest absolute Gasteiger partial charge is 0.390 e. The number of aryl methyl sites for hydroxylation is 1. The van der Waals surface area contributed by atoms with Gasteiger partial charge in [0.05, 0.1) is 52.1 Å². The Morgan fingerprint density at radius 3 is 2.52 bits per heavy atom. The van der Waals surface area contributed by atoms with Crippen molar-refractivity contribution in [2.24, 2.45) is 0 Å². The Morgan fingerprint density at radius 2 is 1.90 bits per heavy atom. The quantitative estimate of drug-likeness (QED) is 0.291. The summed E-state index contributed by atoms with van der Waals surface area (Å²) in [5.74, 6) is 0.725. The molecule has 0 saturated heterocycles. The monoisotopic (exact) mass is 564 g/mol. The lowest BCUT2D eigenvalue weighted by Crippen LogP contribution is -2.29. The van der Waals surface area contributed by atoms with Gasteiger partial charge < -0.3 is 10.4 Å². The van der Waals surface area contributed by atoms with Crippen LogP contribution in [-0.2, 0) is 23.0 Å². The molecule has 1 aliphatic carbocycles. The molecule has 1 atom stereocenters. The number of aliphatic hydroxyl groups excluding tert-OH is 1. The Balaban J connectivity index is 1.60. The number of rotatable bonds is 10. The Labute approximate surface area is 231 Å². The number of pyridine rings is 1. The molecule has 4 aromatic rings. The molecule has 0 spiro atoms. The summed E-state index contributed by atoms with van der Waals surface area (Å²) in [6.45, 7) is 7.08. The lowest BCUT2D eigenvalue weighted by molar-refractivity contribution is 0.278. The number of hydrogen-bond donors (Lipinski definition) is 2. The van der Waals surface area contributed by atoms with E-state index in [1.165, 1.54) is 12.3 Å². The first kappa shape index (κ1) is 27.7. The van der Waals surface area contributed by atoms with Crippen molar-refractivity contribution in [3.8, 4) is 11.4 Å². The van der Waals surface area contributed by atoms with Crippen LogP contribution in [0.15, 0.2) is 34.3 Å². The van der Waals surface area contributed by atoms with Gasteiger partial charge in [-0.25, -0.2) is 33.3 Å². The van der Waals surface area contributed by atoms with Gasteiger partial charge in [-0.1, -0.05) is 13.8 Å². The topological polar surface area (TPSA) is 166 Å². The zero-order valence-corrected chi connectivity index (χ0v) is 23.7. The number of nitrogens with zero attached hydrogens (tertiary/aromatic N) is 7. The standard InChI is InChI=1S/C27H32N8O4S/c1-5-15(3)35-26-23(20(13-36)32-24(34-26)21-16(4)30-14-31-22(21)17-7-8-17)33-25(27(35)37)29-11-18-9-10-19(12-28-18)40(38,39)6-2/h9-10,12,14-15,17,36H,5-8,11,13H2,1-4H3,(H,29,33)/t15-/m1/s1. The van der Waals surface area contributed by atoms with E-state index in [0.717, 1.165) is 29.8 Å². The zero-order valence-electron chi connectivity index (χ0n) is 22.9. The number of sulfone groups is 1. The zero-order chi connectivity index (χ0) is 28.6. The lowest BCUT2D eigenvalue weighted by atomic mass is 10.1. The number of anilines is 1. The summed E-state index contributed by atoms with van der Waals surface area (Å²) in [4.78, 5) is 41.0. The molecule has 2 N–H and O–H groups in total. The van der Waals surface area contributed by atoms with Gasteiger partial charge in [-0.3, -0.25) is 14.3 Å². The summed E-state index contributed by atoms with van der Waals surface area (Å²) in [6, 6.07) is 2.87. The molecule has 1 saturated carbocycles. The van der Waals surface area contributed by atoms with Gasteiger partial charge in [0.1, 0.15) is 11.8 Å². The van der Waals surface area contributed by atoms with Crippen LogP contribution >= 0.6 is 0 Å². The second-order valence-corrected chi connectivity index (χ2v) is 12.2. The maximum absolute atomic E-state index is 13.7. The van der Waals surface area contributed by atoms with E-state index in [-0.39, 0.29) is 40.3 Å². The maximum Gasteiger partial charge on any atom is 0.295 e. The van der Waals surface area contributed by atoms with E-state index in [1.54, 1.807) is 23.9 Å². The highest BCUT2D eigenvalue weighted by atomic mass is 32.2. The van der Waals surface area contributed by atoms with Gasteiger partial charge in [-0.2, -0.15) is 0 Å². The third kappa shape index (κ3) is 5.18. The highest BCUT2D eigenvalue weighted by Crippen LogP contribution is 2.43. The molecular formula is C27H32N8O4S. The number of aliphatic hydroxyl groups is 1. The molecule has 4 aromatic heterocycles. The fourth-order valence-electron chi connectivity index (χ4n) is 4.54. The van der Waals surface area contributed by atoms with Crippen LogP contribution in [0.5, 0.6) is 0 Å². The molecular weight excluding hydrogens is 532 g/mol. The van der Waals surface area contributed by atoms with E-state index in [0.29, 0.717) is 35.0 Å². The van der Waals surface area contributed by atoms with Crippen LogP contribution in [0.1, 0.15) is 74.8 Å². The van der Waals surface area contributed by atoms with Crippen LogP contribution in [0.4, 0.5) is 5.82 Å². The van der Waals surface area contributed by atoms with Crippen molar-refractivity contribution in [2.75, 3.05) is 11.1 Å². The molecule has 0 unspecified atom stereocenters. The van der Waals surface area contributed by atoms with Crippen LogP contribution in [-0.4, -0.2) is 53.7 Å². The molecule has 210 valence electrons. The lowest BCUT2D eigenvalue weighted by Gasteiger charge is -2.19. The van der Waals surface area contributed by atoms with Crippen molar-refractivity contribution in [3.05, 3.63) is 57.8 Å². The molecule has 12 nitrogen and oxygen atoms in total. The van der Waals surface area contributed by atoms with Crippen molar-refractivity contribution >= 4 is 26.8 Å². The number of aromatic nitrogens is 7. The first-order valence-corrected chi connectivity index (χ1v) is 15.0. The van der Waals surface area contributed by atoms with Crippen molar-refractivity contribution in [3.63, 3.8) is 0 Å². The predicted molar refractivity (Wildman–Crippen MR) is 150 cm³/mol. The third-order valence-electron chi connectivity index (χ3n) is 7.22. The van der Waals surface area contributed by atoms with Gasteiger partial charge in [0.25, 0.3) is 5.56 Å². The van der Waals surface area contributed by atoms with Gasteiger partial charge >= 0.3 is 0 Å². The van der Waals surface area contributed by atoms with E-state index in [2.05, 4.69) is 30.2 Å². The Bertz CT molecular complexity index is 1730. The molecule has 0 radical (unpaired) electrons. The molecule has 1 fully saturated rings. The minimum atomic E-state index is -3.36. The normalized spacial score (nSPS) is 14.4. The second-order valence-electron chi connectivity index (χ2n) is 9.95. The van der Waals surface area contributed by atoms with Gasteiger partial charge in [0, 0.05) is 18.2 Å². The fraction of sp³-hybridized carbons (Fsp3) is 0.444. The Hall–Kier alpha value is -3.84. The number of hydrogen-bond acceptors (Lipinski definition) is 11. The van der Waals surface area contributed by atoms with Gasteiger partial charge in [0.15, 0.2) is 27.1 Å². The van der Waals surface area contributed by atoms with Crippen molar-refractivity contribution in [1.82, 2.24) is 34.5 Å². The minimum Gasteiger partial charge on any atom is -0.390 e. The van der Waals surface area contributed by atoms with Gasteiger partial charge in [-0.15, -0.1) is 0 Å². The van der Waals surface area contributed by atoms with Crippen LogP contribution in [0.25, 0.3) is 22.6 Å². The first-order valence-electron chi connectivity index (χ1n) is 13.4. The molecule has 0 bridgehead atoms. The summed E-state index contributed by atoms with van der Waals surface area (Å²) in [5, 5.41) is 13.3. The smallest absolute Gasteiger partial charge is 0.295 e. The molecule has 40 heavy (non-hydrogen) atoms. The molecule has 13 heteroatoms. The van der Waals surface area contributed by atoms with E-state index in [4.69, 9.17) is 4.98 Å². The molecule has 0 aromatic carbocycles. The fourth-order valence-corrected chi connectivity index (χ4v) is 5.37. The summed E-state index contributed by atoms with van der Waals surface area (Å²) in [7, 11) is -3.36. The average Bonchev–Trinajstić information content (AvgIpc) is 3.81. The van der Waals surface area contributed by atoms with Gasteiger partial charge in [0.2, 0.25) is 0 Å². The summed E-state index contributed by atoms with van der Waals surface area (Å²) in [6.07, 6.45) is 5.57. The Morgan fingerprint density at radius 1 is 1.12 bits per heavy atom. The van der Waals surface area contributed by atoms with Crippen LogP contribution < -0.4 is 10.9 Å². The molecule has 5 rings (SSSR count). The number of fused-ring (bicyclic) bond motifs is 1. The van der Waals surface area contributed by atoms with E-state index in [1.807, 2.05) is 20.8 Å². The minimum absolute atomic E-state index is 0.0157. The predicted octanol–water partition coefficient (Wildman–Crippen LogP) is 3.09. The van der Waals surface area contributed by atoms with Crippen LogP contribution in [0.2, 0.25) is 0 Å². The SMILES string of the molecule is CC[C@@H](C)n1c(=O)c(NCc2ccc(S(=O)(=O)CC)cn2)nc2c(CO)nc(-c3c(C)ncnc3C3CC3)nc21. The summed E-state index contributed by atoms with van der Waals surface area (Å²) in [5.41, 5.74) is 3.43.